The van der Waals surface area contributed by atoms with Crippen molar-refractivity contribution < 1.29 is 9.18 Å². The highest BCUT2D eigenvalue weighted by Crippen LogP contribution is 2.30. The molecule has 13 heavy (non-hydrogen) atoms. The lowest BCUT2D eigenvalue weighted by Gasteiger charge is -2.06. The molecule has 2 rings (SSSR count). The van der Waals surface area contributed by atoms with Gasteiger partial charge in [0.15, 0.2) is 0 Å². The van der Waals surface area contributed by atoms with Gasteiger partial charge in [-0.1, -0.05) is 6.07 Å². The number of benzene rings is 1. The summed E-state index contributed by atoms with van der Waals surface area (Å²) in [6.07, 6.45) is 0.813. The van der Waals surface area contributed by atoms with Crippen molar-refractivity contribution in [2.45, 2.75) is 12.6 Å². The van der Waals surface area contributed by atoms with Gasteiger partial charge in [0.05, 0.1) is 9.61 Å². The van der Waals surface area contributed by atoms with Crippen molar-refractivity contribution in [3.63, 3.8) is 0 Å². The molecule has 1 aliphatic heterocycles. The van der Waals surface area contributed by atoms with Gasteiger partial charge in [0.25, 0.3) is 0 Å². The van der Waals surface area contributed by atoms with Crippen LogP contribution in [0.2, 0.25) is 0 Å². The van der Waals surface area contributed by atoms with E-state index in [2.05, 4.69) is 5.32 Å². The fraction of sp³-hybridized carbons (Fsp3) is 0.222. The third kappa shape index (κ3) is 1.38. The quantitative estimate of drug-likeness (QED) is 0.631. The van der Waals surface area contributed by atoms with Gasteiger partial charge in [-0.2, -0.15) is 0 Å². The first kappa shape index (κ1) is 9.08. The van der Waals surface area contributed by atoms with Crippen LogP contribution in [-0.4, -0.2) is 6.29 Å². The summed E-state index contributed by atoms with van der Waals surface area (Å²) in [5, 5.41) is 3.00. The van der Waals surface area contributed by atoms with Crippen molar-refractivity contribution >= 4 is 28.9 Å². The lowest BCUT2D eigenvalue weighted by molar-refractivity contribution is -0.109. The summed E-state index contributed by atoms with van der Waals surface area (Å²) >= 11 is 1.94. The van der Waals surface area contributed by atoms with E-state index in [0.717, 1.165) is 17.4 Å². The van der Waals surface area contributed by atoms with Gasteiger partial charge in [-0.15, -0.1) is 0 Å². The first-order chi connectivity index (χ1) is 6.24. The molecule has 0 fully saturated rings. The molecule has 4 heteroatoms. The Morgan fingerprint density at radius 1 is 1.62 bits per heavy atom. The van der Waals surface area contributed by atoms with E-state index in [9.17, 15) is 9.18 Å². The topological polar surface area (TPSA) is 29.1 Å². The first-order valence-electron chi connectivity index (χ1n) is 3.89. The van der Waals surface area contributed by atoms with E-state index in [-0.39, 0.29) is 11.9 Å². The third-order valence-corrected chi connectivity index (χ3v) is 3.28. The van der Waals surface area contributed by atoms with Crippen LogP contribution >= 0.6 is 22.6 Å². The zero-order valence-corrected chi connectivity index (χ0v) is 8.84. The highest BCUT2D eigenvalue weighted by atomic mass is 127. The van der Waals surface area contributed by atoms with Gasteiger partial charge in [-0.25, -0.2) is 4.39 Å². The van der Waals surface area contributed by atoms with Crippen LogP contribution < -0.4 is 5.32 Å². The monoisotopic (exact) mass is 291 g/mol. The second-order valence-corrected chi connectivity index (χ2v) is 4.01. The molecular weight excluding hydrogens is 284 g/mol. The minimum atomic E-state index is -0.336. The standard InChI is InChI=1S/C9H7FINO/c10-6-2-1-5-3-12-7(4-13)8(5)9(6)11/h1-2,4,7,12H,3H2. The molecule has 0 radical (unpaired) electrons. The van der Waals surface area contributed by atoms with Gasteiger partial charge in [0.2, 0.25) is 0 Å². The minimum Gasteiger partial charge on any atom is -0.301 e. The summed E-state index contributed by atoms with van der Waals surface area (Å²) < 4.78 is 13.7. The van der Waals surface area contributed by atoms with E-state index in [4.69, 9.17) is 0 Å². The normalized spacial score (nSPS) is 20.0. The Kier molecular flexibility index (Phi) is 2.33. The van der Waals surface area contributed by atoms with Crippen LogP contribution in [0.1, 0.15) is 17.2 Å². The summed E-state index contributed by atoms with van der Waals surface area (Å²) in [7, 11) is 0. The van der Waals surface area contributed by atoms with Crippen molar-refractivity contribution in [1.29, 1.82) is 0 Å². The number of carbonyl (C=O) groups excluding carboxylic acids is 1. The second kappa shape index (κ2) is 3.34. The Labute approximate surface area is 88.7 Å². The number of hydrogen-bond acceptors (Lipinski definition) is 2. The van der Waals surface area contributed by atoms with Gasteiger partial charge >= 0.3 is 0 Å². The summed E-state index contributed by atoms with van der Waals surface area (Å²) in [5.41, 5.74) is 1.82. The Morgan fingerprint density at radius 3 is 3.08 bits per heavy atom. The molecule has 1 heterocycles. The van der Waals surface area contributed by atoms with E-state index in [1.807, 2.05) is 22.6 Å². The van der Waals surface area contributed by atoms with Crippen molar-refractivity contribution in [2.24, 2.45) is 0 Å². The average molecular weight is 291 g/mol. The number of rotatable bonds is 1. The molecule has 0 aliphatic carbocycles. The Hall–Kier alpha value is -0.490. The third-order valence-electron chi connectivity index (χ3n) is 2.18. The highest BCUT2D eigenvalue weighted by Gasteiger charge is 2.25. The molecule has 0 amide bonds. The maximum Gasteiger partial charge on any atom is 0.141 e. The van der Waals surface area contributed by atoms with Crippen LogP contribution in [0.25, 0.3) is 0 Å². The molecule has 68 valence electrons. The Balaban J connectivity index is 2.60. The molecular formula is C9H7FINO. The number of aldehydes is 1. The number of halogens is 2. The van der Waals surface area contributed by atoms with E-state index < -0.39 is 0 Å². The molecule has 1 aliphatic rings. The fourth-order valence-corrected chi connectivity index (χ4v) is 2.40. The van der Waals surface area contributed by atoms with Crippen molar-refractivity contribution in [1.82, 2.24) is 5.32 Å². The smallest absolute Gasteiger partial charge is 0.141 e. The maximum absolute atomic E-state index is 13.1. The van der Waals surface area contributed by atoms with Gasteiger partial charge < -0.3 is 4.79 Å². The molecule has 0 spiro atoms. The molecule has 0 saturated heterocycles. The van der Waals surface area contributed by atoms with Gasteiger partial charge in [-0.05, 0) is 39.8 Å². The van der Waals surface area contributed by atoms with Crippen LogP contribution in [0.15, 0.2) is 12.1 Å². The lowest BCUT2D eigenvalue weighted by Crippen LogP contribution is -2.13. The largest absolute Gasteiger partial charge is 0.301 e. The number of carbonyl (C=O) groups is 1. The molecule has 0 aromatic heterocycles. The molecule has 1 N–H and O–H groups in total. The molecule has 0 saturated carbocycles. The van der Waals surface area contributed by atoms with E-state index in [1.165, 1.54) is 6.07 Å². The predicted octanol–water partition coefficient (Wildman–Crippen LogP) is 1.77. The molecule has 1 unspecified atom stereocenters. The van der Waals surface area contributed by atoms with Crippen molar-refractivity contribution in [3.8, 4) is 0 Å². The predicted molar refractivity (Wildman–Crippen MR) is 54.8 cm³/mol. The van der Waals surface area contributed by atoms with E-state index in [0.29, 0.717) is 10.1 Å². The summed E-state index contributed by atoms with van der Waals surface area (Å²) in [5.74, 6) is -0.255. The highest BCUT2D eigenvalue weighted by molar-refractivity contribution is 14.1. The second-order valence-electron chi connectivity index (χ2n) is 2.93. The van der Waals surface area contributed by atoms with Crippen LogP contribution in [-0.2, 0) is 11.3 Å². The van der Waals surface area contributed by atoms with Crippen molar-refractivity contribution in [2.75, 3.05) is 0 Å². The van der Waals surface area contributed by atoms with E-state index >= 15 is 0 Å². The van der Waals surface area contributed by atoms with Crippen LogP contribution in [0, 0.1) is 9.39 Å². The van der Waals surface area contributed by atoms with Gasteiger partial charge in [-0.3, -0.25) is 5.32 Å². The van der Waals surface area contributed by atoms with Gasteiger partial charge in [0.1, 0.15) is 12.1 Å². The molecule has 1 atom stereocenters. The Morgan fingerprint density at radius 2 is 2.38 bits per heavy atom. The molecule has 2 nitrogen and oxygen atoms in total. The first-order valence-corrected chi connectivity index (χ1v) is 4.97. The molecule has 1 aromatic rings. The van der Waals surface area contributed by atoms with Crippen molar-refractivity contribution in [3.05, 3.63) is 32.6 Å². The Bertz CT molecular complexity index is 367. The number of fused-ring (bicyclic) bond motifs is 1. The summed E-state index contributed by atoms with van der Waals surface area (Å²) in [4.78, 5) is 10.6. The van der Waals surface area contributed by atoms with Gasteiger partial charge in [0, 0.05) is 6.54 Å². The zero-order chi connectivity index (χ0) is 9.42. The fourth-order valence-electron chi connectivity index (χ4n) is 1.53. The minimum absolute atomic E-state index is 0.255. The lowest BCUT2D eigenvalue weighted by atomic mass is 10.1. The number of hydrogen-bond donors (Lipinski definition) is 1. The van der Waals surface area contributed by atoms with Crippen LogP contribution in [0.3, 0.4) is 0 Å². The SMILES string of the molecule is O=CC1NCc2ccc(F)c(I)c21. The van der Waals surface area contributed by atoms with Crippen LogP contribution in [0.4, 0.5) is 4.39 Å². The average Bonchev–Trinajstić information content (AvgIpc) is 2.55. The number of nitrogens with one attached hydrogen (secondary N) is 1. The van der Waals surface area contributed by atoms with Crippen LogP contribution in [0.5, 0.6) is 0 Å². The summed E-state index contributed by atoms with van der Waals surface area (Å²) in [6, 6.07) is 2.83. The maximum atomic E-state index is 13.1. The zero-order valence-electron chi connectivity index (χ0n) is 6.68. The van der Waals surface area contributed by atoms with E-state index in [1.54, 1.807) is 6.07 Å². The summed E-state index contributed by atoms with van der Waals surface area (Å²) in [6.45, 7) is 0.648. The molecule has 0 bridgehead atoms. The molecule has 1 aromatic carbocycles.